The monoisotopic (exact) mass is 264 g/mol. The lowest BCUT2D eigenvalue weighted by Crippen LogP contribution is -2.27. The molecule has 1 amide bonds. The van der Waals surface area contributed by atoms with Gasteiger partial charge < -0.3 is 15.3 Å². The lowest BCUT2D eigenvalue weighted by molar-refractivity contribution is -0.125. The molecule has 0 saturated carbocycles. The molecular formula is C14H20N2O3. The third kappa shape index (κ3) is 5.52. The molecule has 0 aliphatic rings. The number of carbonyl (C=O) groups excluding carboxylic acids is 1. The van der Waals surface area contributed by atoms with Gasteiger partial charge in [-0.1, -0.05) is 17.3 Å². The Bertz CT molecular complexity index is 476. The fraction of sp³-hybridized carbons (Fsp3) is 0.429. The normalized spacial score (nSPS) is 12.3. The quantitative estimate of drug-likeness (QED) is 0.499. The largest absolute Gasteiger partial charge is 0.411 e. The Morgan fingerprint density at radius 2 is 2.11 bits per heavy atom. The minimum Gasteiger partial charge on any atom is -0.411 e. The van der Waals surface area contributed by atoms with Crippen LogP contribution in [0.4, 0.5) is 5.69 Å². The number of nitrogens with zero attached hydrogens (tertiary/aromatic N) is 1. The molecule has 104 valence electrons. The number of nitrogens with one attached hydrogen (secondary N) is 1. The van der Waals surface area contributed by atoms with E-state index in [-0.39, 0.29) is 18.1 Å². The first-order valence-corrected chi connectivity index (χ1v) is 6.05. The highest BCUT2D eigenvalue weighted by Crippen LogP contribution is 2.12. The predicted octanol–water partition coefficient (Wildman–Crippen LogP) is 2.64. The Hall–Kier alpha value is -1.88. The SMILES string of the molecule is C/C(=N/O)c1cccc(NC(=O)COC(C)(C)C)c1. The number of ether oxygens (including phenoxy) is 1. The first kappa shape index (κ1) is 15.2. The minimum atomic E-state index is -0.348. The van der Waals surface area contributed by atoms with E-state index in [1.807, 2.05) is 20.8 Å². The van der Waals surface area contributed by atoms with Crippen LogP contribution in [0.2, 0.25) is 0 Å². The second-order valence-electron chi connectivity index (χ2n) is 5.22. The van der Waals surface area contributed by atoms with Gasteiger partial charge in [0, 0.05) is 11.3 Å². The topological polar surface area (TPSA) is 70.9 Å². The lowest BCUT2D eigenvalue weighted by atomic mass is 10.1. The number of amides is 1. The van der Waals surface area contributed by atoms with Gasteiger partial charge in [0.2, 0.25) is 5.91 Å². The van der Waals surface area contributed by atoms with E-state index in [0.29, 0.717) is 11.4 Å². The molecule has 0 aromatic heterocycles. The number of oxime groups is 1. The molecule has 0 radical (unpaired) electrons. The van der Waals surface area contributed by atoms with Crippen molar-refractivity contribution < 1.29 is 14.7 Å². The maximum Gasteiger partial charge on any atom is 0.250 e. The molecule has 0 unspecified atom stereocenters. The number of hydrogen-bond donors (Lipinski definition) is 2. The molecule has 0 heterocycles. The molecule has 0 saturated heterocycles. The van der Waals surface area contributed by atoms with Crippen LogP contribution in [0.15, 0.2) is 29.4 Å². The zero-order valence-electron chi connectivity index (χ0n) is 11.7. The van der Waals surface area contributed by atoms with Crippen molar-refractivity contribution in [2.75, 3.05) is 11.9 Å². The van der Waals surface area contributed by atoms with Gasteiger partial charge in [-0.2, -0.15) is 0 Å². The Morgan fingerprint density at radius 1 is 1.42 bits per heavy atom. The zero-order chi connectivity index (χ0) is 14.5. The van der Waals surface area contributed by atoms with Crippen LogP contribution >= 0.6 is 0 Å². The molecule has 0 bridgehead atoms. The second-order valence-corrected chi connectivity index (χ2v) is 5.22. The summed E-state index contributed by atoms with van der Waals surface area (Å²) in [5.41, 5.74) is 1.53. The highest BCUT2D eigenvalue weighted by Gasteiger charge is 2.13. The lowest BCUT2D eigenvalue weighted by Gasteiger charge is -2.19. The van der Waals surface area contributed by atoms with E-state index in [0.717, 1.165) is 5.56 Å². The summed E-state index contributed by atoms with van der Waals surface area (Å²) < 4.78 is 5.39. The highest BCUT2D eigenvalue weighted by atomic mass is 16.5. The van der Waals surface area contributed by atoms with E-state index in [4.69, 9.17) is 9.94 Å². The van der Waals surface area contributed by atoms with Crippen molar-refractivity contribution >= 4 is 17.3 Å². The third-order valence-electron chi connectivity index (χ3n) is 2.35. The highest BCUT2D eigenvalue weighted by molar-refractivity contribution is 6.00. The van der Waals surface area contributed by atoms with E-state index in [9.17, 15) is 4.79 Å². The number of benzene rings is 1. The fourth-order valence-electron chi connectivity index (χ4n) is 1.36. The van der Waals surface area contributed by atoms with Gasteiger partial charge in [-0.15, -0.1) is 0 Å². The van der Waals surface area contributed by atoms with Crippen LogP contribution in [0, 0.1) is 0 Å². The fourth-order valence-corrected chi connectivity index (χ4v) is 1.36. The molecule has 19 heavy (non-hydrogen) atoms. The average Bonchev–Trinajstić information content (AvgIpc) is 2.35. The Labute approximate surface area is 113 Å². The van der Waals surface area contributed by atoms with Crippen LogP contribution in [0.1, 0.15) is 33.3 Å². The molecule has 5 heteroatoms. The summed E-state index contributed by atoms with van der Waals surface area (Å²) in [4.78, 5) is 11.7. The Balaban J connectivity index is 2.65. The third-order valence-corrected chi connectivity index (χ3v) is 2.35. The molecule has 1 aromatic carbocycles. The van der Waals surface area contributed by atoms with Crippen LogP contribution < -0.4 is 5.32 Å². The molecular weight excluding hydrogens is 244 g/mol. The second kappa shape index (κ2) is 6.33. The number of rotatable bonds is 4. The van der Waals surface area contributed by atoms with Crippen molar-refractivity contribution in [3.63, 3.8) is 0 Å². The van der Waals surface area contributed by atoms with Gasteiger partial charge in [0.05, 0.1) is 11.3 Å². The summed E-state index contributed by atoms with van der Waals surface area (Å²) in [5.74, 6) is -0.217. The van der Waals surface area contributed by atoms with Gasteiger partial charge in [0.15, 0.2) is 0 Å². The number of carbonyl (C=O) groups is 1. The minimum absolute atomic E-state index is 0.000793. The molecule has 1 rings (SSSR count). The predicted molar refractivity (Wildman–Crippen MR) is 74.8 cm³/mol. The van der Waals surface area contributed by atoms with Crippen molar-refractivity contribution in [3.05, 3.63) is 29.8 Å². The zero-order valence-corrected chi connectivity index (χ0v) is 11.7. The molecule has 0 fully saturated rings. The van der Waals surface area contributed by atoms with Crippen LogP contribution in [0.25, 0.3) is 0 Å². The van der Waals surface area contributed by atoms with Crippen molar-refractivity contribution in [1.82, 2.24) is 0 Å². The van der Waals surface area contributed by atoms with Gasteiger partial charge >= 0.3 is 0 Å². The van der Waals surface area contributed by atoms with Crippen molar-refractivity contribution in [2.45, 2.75) is 33.3 Å². The van der Waals surface area contributed by atoms with E-state index in [1.165, 1.54) is 0 Å². The summed E-state index contributed by atoms with van der Waals surface area (Å²) in [6.07, 6.45) is 0. The van der Waals surface area contributed by atoms with Gasteiger partial charge in [-0.25, -0.2) is 0 Å². The summed E-state index contributed by atoms with van der Waals surface area (Å²) in [6.45, 7) is 7.36. The molecule has 1 aromatic rings. The summed E-state index contributed by atoms with van der Waals surface area (Å²) in [5, 5.41) is 14.6. The molecule has 2 N–H and O–H groups in total. The standard InChI is InChI=1S/C14H20N2O3/c1-10(16-18)11-6-5-7-12(8-11)15-13(17)9-19-14(2,3)4/h5-8,18H,9H2,1-4H3,(H,15,17)/b16-10-. The van der Waals surface area contributed by atoms with Crippen LogP contribution in [0.5, 0.6) is 0 Å². The van der Waals surface area contributed by atoms with Gasteiger partial charge in [-0.3, -0.25) is 4.79 Å². The summed E-state index contributed by atoms with van der Waals surface area (Å²) in [6, 6.07) is 7.09. The molecule has 5 nitrogen and oxygen atoms in total. The van der Waals surface area contributed by atoms with Gasteiger partial charge in [0.1, 0.15) is 6.61 Å². The Kier molecular flexibility index (Phi) is 5.06. The van der Waals surface area contributed by atoms with E-state index in [2.05, 4.69) is 10.5 Å². The molecule has 0 aliphatic heterocycles. The smallest absolute Gasteiger partial charge is 0.250 e. The number of hydrogen-bond acceptors (Lipinski definition) is 4. The van der Waals surface area contributed by atoms with Crippen LogP contribution in [-0.4, -0.2) is 29.0 Å². The molecule has 0 spiro atoms. The van der Waals surface area contributed by atoms with Gasteiger partial charge in [0.25, 0.3) is 0 Å². The van der Waals surface area contributed by atoms with Crippen molar-refractivity contribution in [1.29, 1.82) is 0 Å². The van der Waals surface area contributed by atoms with Crippen molar-refractivity contribution in [2.24, 2.45) is 5.16 Å². The van der Waals surface area contributed by atoms with Crippen molar-refractivity contribution in [3.8, 4) is 0 Å². The van der Waals surface area contributed by atoms with E-state index in [1.54, 1.807) is 31.2 Å². The summed E-state index contributed by atoms with van der Waals surface area (Å²) in [7, 11) is 0. The summed E-state index contributed by atoms with van der Waals surface area (Å²) >= 11 is 0. The maximum atomic E-state index is 11.7. The van der Waals surface area contributed by atoms with Gasteiger partial charge in [-0.05, 0) is 39.8 Å². The first-order chi connectivity index (χ1) is 8.81. The average molecular weight is 264 g/mol. The van der Waals surface area contributed by atoms with E-state index >= 15 is 0 Å². The van der Waals surface area contributed by atoms with Crippen LogP contribution in [0.3, 0.4) is 0 Å². The Morgan fingerprint density at radius 3 is 2.68 bits per heavy atom. The van der Waals surface area contributed by atoms with Crippen LogP contribution in [-0.2, 0) is 9.53 Å². The maximum absolute atomic E-state index is 11.7. The molecule has 0 atom stereocenters. The molecule has 0 aliphatic carbocycles. The first-order valence-electron chi connectivity index (χ1n) is 6.05. The number of anilines is 1. The van der Waals surface area contributed by atoms with E-state index < -0.39 is 0 Å².